The lowest BCUT2D eigenvalue weighted by atomic mass is 10.0. The Balaban J connectivity index is 2.37. The highest BCUT2D eigenvalue weighted by Gasteiger charge is 2.25. The Morgan fingerprint density at radius 1 is 1.36 bits per heavy atom. The van der Waals surface area contributed by atoms with Gasteiger partial charge in [-0.3, -0.25) is 0 Å². The van der Waals surface area contributed by atoms with Crippen LogP contribution in [-0.4, -0.2) is 36.2 Å². The third-order valence-electron chi connectivity index (χ3n) is 3.25. The van der Waals surface area contributed by atoms with Crippen molar-refractivity contribution in [2.75, 3.05) is 19.6 Å². The zero-order valence-corrected chi connectivity index (χ0v) is 10.2. The number of rotatable bonds is 4. The standard InChI is InChI=1S/C12H25NO/c1-5-12(3,4)14-11-8-7-9-13(6-2)10-11/h11H,5-10H2,1-4H3. The third-order valence-corrected chi connectivity index (χ3v) is 3.25. The molecule has 1 aliphatic rings. The monoisotopic (exact) mass is 199 g/mol. The first-order chi connectivity index (χ1) is 6.57. The highest BCUT2D eigenvalue weighted by Crippen LogP contribution is 2.21. The number of piperidine rings is 1. The lowest BCUT2D eigenvalue weighted by Crippen LogP contribution is -2.43. The van der Waals surface area contributed by atoms with Gasteiger partial charge >= 0.3 is 0 Å². The molecule has 1 heterocycles. The average molecular weight is 199 g/mol. The summed E-state index contributed by atoms with van der Waals surface area (Å²) in [5, 5.41) is 0. The quantitative estimate of drug-likeness (QED) is 0.690. The normalized spacial score (nSPS) is 25.3. The molecule has 2 heteroatoms. The van der Waals surface area contributed by atoms with E-state index in [1.165, 1.54) is 19.4 Å². The van der Waals surface area contributed by atoms with E-state index >= 15 is 0 Å². The molecular formula is C12H25NO. The number of nitrogens with zero attached hydrogens (tertiary/aromatic N) is 1. The Morgan fingerprint density at radius 2 is 2.07 bits per heavy atom. The van der Waals surface area contributed by atoms with Crippen molar-refractivity contribution in [3.63, 3.8) is 0 Å². The van der Waals surface area contributed by atoms with Crippen molar-refractivity contribution in [2.24, 2.45) is 0 Å². The topological polar surface area (TPSA) is 12.5 Å². The Labute approximate surface area is 88.6 Å². The van der Waals surface area contributed by atoms with Crippen LogP contribution in [0.2, 0.25) is 0 Å². The second kappa shape index (κ2) is 5.13. The molecule has 0 amide bonds. The summed E-state index contributed by atoms with van der Waals surface area (Å²) in [6.45, 7) is 12.3. The number of likely N-dealkylation sites (tertiary alicyclic amines) is 1. The van der Waals surface area contributed by atoms with E-state index in [4.69, 9.17) is 4.74 Å². The van der Waals surface area contributed by atoms with Crippen LogP contribution >= 0.6 is 0 Å². The van der Waals surface area contributed by atoms with Gasteiger partial charge in [0.15, 0.2) is 0 Å². The zero-order valence-electron chi connectivity index (χ0n) is 10.2. The molecule has 2 nitrogen and oxygen atoms in total. The fraction of sp³-hybridized carbons (Fsp3) is 1.00. The minimum atomic E-state index is 0.0570. The number of hydrogen-bond acceptors (Lipinski definition) is 2. The van der Waals surface area contributed by atoms with Crippen LogP contribution in [0.25, 0.3) is 0 Å². The summed E-state index contributed by atoms with van der Waals surface area (Å²) in [7, 11) is 0. The van der Waals surface area contributed by atoms with Crippen molar-refractivity contribution in [3.05, 3.63) is 0 Å². The molecule has 0 spiro atoms. The first kappa shape index (κ1) is 12.0. The molecular weight excluding hydrogens is 174 g/mol. The van der Waals surface area contributed by atoms with E-state index in [9.17, 15) is 0 Å². The highest BCUT2D eigenvalue weighted by atomic mass is 16.5. The van der Waals surface area contributed by atoms with Crippen LogP contribution in [0.5, 0.6) is 0 Å². The van der Waals surface area contributed by atoms with Crippen LogP contribution in [0, 0.1) is 0 Å². The molecule has 1 fully saturated rings. The Hall–Kier alpha value is -0.0800. The molecule has 1 unspecified atom stereocenters. The molecule has 1 saturated heterocycles. The van der Waals surface area contributed by atoms with Crippen LogP contribution in [0.1, 0.15) is 47.0 Å². The van der Waals surface area contributed by atoms with Crippen LogP contribution in [0.3, 0.4) is 0 Å². The summed E-state index contributed by atoms with van der Waals surface area (Å²) >= 11 is 0. The molecule has 0 N–H and O–H groups in total. The van der Waals surface area contributed by atoms with E-state index in [0.29, 0.717) is 6.10 Å². The smallest absolute Gasteiger partial charge is 0.0709 e. The molecule has 0 aromatic carbocycles. The predicted octanol–water partition coefficient (Wildman–Crippen LogP) is 2.68. The first-order valence-corrected chi connectivity index (χ1v) is 5.97. The van der Waals surface area contributed by atoms with Gasteiger partial charge in [-0.2, -0.15) is 0 Å². The second-order valence-corrected chi connectivity index (χ2v) is 4.89. The maximum Gasteiger partial charge on any atom is 0.0709 e. The SMILES string of the molecule is CCN1CCCC(OC(C)(C)CC)C1. The van der Waals surface area contributed by atoms with Crippen molar-refractivity contribution in [3.8, 4) is 0 Å². The second-order valence-electron chi connectivity index (χ2n) is 4.89. The Kier molecular flexibility index (Phi) is 4.39. The van der Waals surface area contributed by atoms with E-state index in [1.807, 2.05) is 0 Å². The van der Waals surface area contributed by atoms with Gasteiger partial charge in [-0.15, -0.1) is 0 Å². The maximum absolute atomic E-state index is 6.12. The number of likely N-dealkylation sites (N-methyl/N-ethyl adjacent to an activating group) is 1. The third kappa shape index (κ3) is 3.58. The van der Waals surface area contributed by atoms with Gasteiger partial charge in [0.25, 0.3) is 0 Å². The molecule has 1 aliphatic heterocycles. The minimum Gasteiger partial charge on any atom is -0.371 e. The molecule has 0 saturated carbocycles. The summed E-state index contributed by atoms with van der Waals surface area (Å²) < 4.78 is 6.12. The molecule has 0 radical (unpaired) electrons. The van der Waals surface area contributed by atoms with Crippen molar-refractivity contribution in [1.29, 1.82) is 0 Å². The Bertz CT molecular complexity index is 168. The average Bonchev–Trinajstić information content (AvgIpc) is 2.17. The molecule has 1 rings (SSSR count). The predicted molar refractivity (Wildman–Crippen MR) is 60.6 cm³/mol. The van der Waals surface area contributed by atoms with Crippen molar-refractivity contribution in [1.82, 2.24) is 4.90 Å². The molecule has 84 valence electrons. The van der Waals surface area contributed by atoms with Gasteiger partial charge in [-0.05, 0) is 46.2 Å². The number of hydrogen-bond donors (Lipinski definition) is 0. The summed E-state index contributed by atoms with van der Waals surface area (Å²) in [5.74, 6) is 0. The van der Waals surface area contributed by atoms with Gasteiger partial charge in [0.05, 0.1) is 11.7 Å². The van der Waals surface area contributed by atoms with E-state index in [0.717, 1.165) is 19.5 Å². The molecule has 0 aromatic rings. The van der Waals surface area contributed by atoms with Crippen LogP contribution in [-0.2, 0) is 4.74 Å². The fourth-order valence-corrected chi connectivity index (χ4v) is 1.93. The van der Waals surface area contributed by atoms with E-state index in [1.54, 1.807) is 0 Å². The van der Waals surface area contributed by atoms with Crippen LogP contribution in [0.4, 0.5) is 0 Å². The molecule has 0 bridgehead atoms. The largest absolute Gasteiger partial charge is 0.371 e. The fourth-order valence-electron chi connectivity index (χ4n) is 1.93. The van der Waals surface area contributed by atoms with E-state index in [2.05, 4.69) is 32.6 Å². The highest BCUT2D eigenvalue weighted by molar-refractivity contribution is 4.76. The van der Waals surface area contributed by atoms with Gasteiger partial charge in [-0.25, -0.2) is 0 Å². The van der Waals surface area contributed by atoms with Gasteiger partial charge in [0, 0.05) is 6.54 Å². The first-order valence-electron chi connectivity index (χ1n) is 5.97. The minimum absolute atomic E-state index is 0.0570. The van der Waals surface area contributed by atoms with E-state index < -0.39 is 0 Å². The summed E-state index contributed by atoms with van der Waals surface area (Å²) in [4.78, 5) is 2.49. The van der Waals surface area contributed by atoms with Gasteiger partial charge in [-0.1, -0.05) is 13.8 Å². The zero-order chi connectivity index (χ0) is 10.6. The van der Waals surface area contributed by atoms with Gasteiger partial charge in [0.2, 0.25) is 0 Å². The molecule has 0 aliphatic carbocycles. The van der Waals surface area contributed by atoms with Crippen molar-refractivity contribution >= 4 is 0 Å². The van der Waals surface area contributed by atoms with Crippen LogP contribution in [0.15, 0.2) is 0 Å². The molecule has 1 atom stereocenters. The lowest BCUT2D eigenvalue weighted by molar-refractivity contribution is -0.0968. The van der Waals surface area contributed by atoms with Crippen molar-refractivity contribution < 1.29 is 4.74 Å². The van der Waals surface area contributed by atoms with Gasteiger partial charge < -0.3 is 9.64 Å². The summed E-state index contributed by atoms with van der Waals surface area (Å²) in [6, 6.07) is 0. The number of ether oxygens (including phenoxy) is 1. The van der Waals surface area contributed by atoms with Crippen molar-refractivity contribution in [2.45, 2.75) is 58.7 Å². The van der Waals surface area contributed by atoms with E-state index in [-0.39, 0.29) is 5.60 Å². The lowest BCUT2D eigenvalue weighted by Gasteiger charge is -2.36. The van der Waals surface area contributed by atoms with Gasteiger partial charge in [0.1, 0.15) is 0 Å². The summed E-state index contributed by atoms with van der Waals surface area (Å²) in [5.41, 5.74) is 0.0570. The molecule has 0 aromatic heterocycles. The van der Waals surface area contributed by atoms with Crippen LogP contribution < -0.4 is 0 Å². The maximum atomic E-state index is 6.12. The molecule has 14 heavy (non-hydrogen) atoms. The summed E-state index contributed by atoms with van der Waals surface area (Å²) in [6.07, 6.45) is 4.08. The Morgan fingerprint density at radius 3 is 2.64 bits per heavy atom.